The van der Waals surface area contributed by atoms with Gasteiger partial charge in [0.2, 0.25) is 0 Å². The maximum atomic E-state index is 10.7. The van der Waals surface area contributed by atoms with Gasteiger partial charge < -0.3 is 0 Å². The molecule has 1 unspecified atom stereocenters. The molecule has 1 aliphatic heterocycles. The fourth-order valence-corrected chi connectivity index (χ4v) is 18.4. The minimum absolute atomic E-state index is 0.276. The molecule has 0 radical (unpaired) electrons. The van der Waals surface area contributed by atoms with Crippen LogP contribution in [0.2, 0.25) is 13.3 Å². The number of hydrogen-bond acceptors (Lipinski definition) is 3. The standard InChI is InChI=1S/C11H11O3.3C4H9.Sn/c1-2-3-9(12)8-4-5-10-11(6-8)14-7-13-10;3*1-3-4-2;/h1-2,4-6,9,12H,3,7H2;3*1,3-4H2,2H3;. The molecule has 3 nitrogen and oxygen atoms in total. The number of rotatable bonds is 13. The summed E-state index contributed by atoms with van der Waals surface area (Å²) >= 11 is -2.24. The molecule has 1 aromatic carbocycles. The van der Waals surface area contributed by atoms with Crippen LogP contribution >= 0.6 is 0 Å². The molecule has 1 heterocycles. The Morgan fingerprint density at radius 1 is 0.963 bits per heavy atom. The Kier molecular flexibility index (Phi) is 10.1. The molecular formula is C23H38O3Sn. The molecule has 1 atom stereocenters. The number of benzene rings is 1. The summed E-state index contributed by atoms with van der Waals surface area (Å²) in [6, 6.07) is 5.77. The average Bonchev–Trinajstić information content (AvgIpc) is 3.16. The van der Waals surface area contributed by atoms with E-state index in [4.69, 9.17) is 9.47 Å². The van der Waals surface area contributed by atoms with Crippen molar-refractivity contribution in [2.45, 2.75) is 85.1 Å². The van der Waals surface area contributed by atoms with Crippen molar-refractivity contribution in [2.24, 2.45) is 0 Å². The molecule has 0 spiro atoms. The molecule has 0 amide bonds. The molecule has 2 rings (SSSR count). The van der Waals surface area contributed by atoms with Crippen LogP contribution in [-0.4, -0.2) is 30.3 Å². The van der Waals surface area contributed by atoms with Gasteiger partial charge in [-0.15, -0.1) is 0 Å². The molecule has 0 bridgehead atoms. The predicted octanol–water partition coefficient (Wildman–Crippen LogP) is 6.78. The number of unbranched alkanes of at least 4 members (excludes halogenated alkanes) is 3. The van der Waals surface area contributed by atoms with Gasteiger partial charge in [-0.2, -0.15) is 0 Å². The molecule has 152 valence electrons. The zero-order chi connectivity index (χ0) is 19.5. The van der Waals surface area contributed by atoms with Gasteiger partial charge in [0.05, 0.1) is 0 Å². The van der Waals surface area contributed by atoms with Crippen LogP contribution in [0.5, 0.6) is 11.5 Å². The molecule has 1 aliphatic rings. The molecule has 0 aliphatic carbocycles. The van der Waals surface area contributed by atoms with E-state index in [0.29, 0.717) is 6.42 Å². The van der Waals surface area contributed by atoms with Crippen LogP contribution in [-0.2, 0) is 0 Å². The van der Waals surface area contributed by atoms with Crippen LogP contribution in [0.15, 0.2) is 28.4 Å². The van der Waals surface area contributed by atoms with Crippen molar-refractivity contribution in [3.05, 3.63) is 33.9 Å². The Labute approximate surface area is 170 Å². The zero-order valence-electron chi connectivity index (χ0n) is 17.5. The quantitative estimate of drug-likeness (QED) is 0.316. The van der Waals surface area contributed by atoms with Crippen LogP contribution in [0.1, 0.15) is 77.4 Å². The summed E-state index contributed by atoms with van der Waals surface area (Å²) in [4.78, 5) is 0. The molecule has 0 aromatic heterocycles. The minimum atomic E-state index is -2.24. The maximum absolute atomic E-state index is 10.7. The molecule has 1 aromatic rings. The van der Waals surface area contributed by atoms with Gasteiger partial charge in [-0.25, -0.2) is 0 Å². The second-order valence-electron chi connectivity index (χ2n) is 7.94. The molecule has 1 N–H and O–H groups in total. The van der Waals surface area contributed by atoms with Crippen LogP contribution in [0.25, 0.3) is 0 Å². The van der Waals surface area contributed by atoms with Crippen molar-refractivity contribution >= 4 is 18.4 Å². The first-order chi connectivity index (χ1) is 13.1. The molecule has 0 saturated heterocycles. The van der Waals surface area contributed by atoms with Crippen LogP contribution in [0.4, 0.5) is 0 Å². The second kappa shape index (κ2) is 12.0. The summed E-state index contributed by atoms with van der Waals surface area (Å²) in [5, 5.41) is 10.7. The van der Waals surface area contributed by atoms with Gasteiger partial charge in [0.1, 0.15) is 0 Å². The molecule has 27 heavy (non-hydrogen) atoms. The Hall–Kier alpha value is -0.681. The second-order valence-corrected chi connectivity index (χ2v) is 20.9. The zero-order valence-corrected chi connectivity index (χ0v) is 20.4. The third kappa shape index (κ3) is 7.01. The van der Waals surface area contributed by atoms with Crippen molar-refractivity contribution in [2.75, 3.05) is 6.79 Å². The van der Waals surface area contributed by atoms with Crippen molar-refractivity contribution in [1.29, 1.82) is 0 Å². The van der Waals surface area contributed by atoms with Gasteiger partial charge >= 0.3 is 170 Å². The van der Waals surface area contributed by atoms with Gasteiger partial charge in [0, 0.05) is 0 Å². The van der Waals surface area contributed by atoms with E-state index in [1.54, 1.807) is 0 Å². The number of ether oxygens (including phenoxy) is 2. The van der Waals surface area contributed by atoms with E-state index in [2.05, 4.69) is 30.9 Å². The van der Waals surface area contributed by atoms with Crippen molar-refractivity contribution in [3.63, 3.8) is 0 Å². The first kappa shape index (κ1) is 22.6. The number of hydrogen-bond donors (Lipinski definition) is 1. The van der Waals surface area contributed by atoms with Crippen molar-refractivity contribution in [3.8, 4) is 11.5 Å². The van der Waals surface area contributed by atoms with Gasteiger partial charge in [0.25, 0.3) is 0 Å². The first-order valence-electron chi connectivity index (χ1n) is 10.9. The van der Waals surface area contributed by atoms with Crippen LogP contribution in [0, 0.1) is 0 Å². The monoisotopic (exact) mass is 482 g/mol. The number of aliphatic hydroxyl groups excluding tert-OH is 1. The van der Waals surface area contributed by atoms with Gasteiger partial charge in [-0.05, 0) is 0 Å². The molecule has 0 saturated carbocycles. The third-order valence-corrected chi connectivity index (χ3v) is 19.9. The van der Waals surface area contributed by atoms with Crippen LogP contribution < -0.4 is 9.47 Å². The van der Waals surface area contributed by atoms with E-state index >= 15 is 0 Å². The third-order valence-electron chi connectivity index (χ3n) is 5.70. The normalized spacial score (nSPS) is 14.8. The summed E-state index contributed by atoms with van der Waals surface area (Å²) in [6.45, 7) is 7.20. The Morgan fingerprint density at radius 3 is 2.15 bits per heavy atom. The topological polar surface area (TPSA) is 38.7 Å². The number of aliphatic hydroxyl groups is 1. The summed E-state index contributed by atoms with van der Waals surface area (Å²) < 4.78 is 17.9. The average molecular weight is 481 g/mol. The van der Waals surface area contributed by atoms with E-state index in [9.17, 15) is 5.11 Å². The summed E-state index contributed by atoms with van der Waals surface area (Å²) in [7, 11) is 0. The first-order valence-corrected chi connectivity index (χ1v) is 18.6. The van der Waals surface area contributed by atoms with Gasteiger partial charge in [0.15, 0.2) is 0 Å². The van der Waals surface area contributed by atoms with E-state index in [-0.39, 0.29) is 6.79 Å². The predicted molar refractivity (Wildman–Crippen MR) is 116 cm³/mol. The Bertz CT molecular complexity index is 563. The Balaban J connectivity index is 2.03. The summed E-state index contributed by atoms with van der Waals surface area (Å²) in [5.41, 5.74) is 0.917. The Morgan fingerprint density at radius 2 is 1.56 bits per heavy atom. The molecule has 0 fully saturated rings. The van der Waals surface area contributed by atoms with Crippen molar-refractivity contribution < 1.29 is 14.6 Å². The SMILES string of the molecule is CCC[CH2][Sn](/[CH]=C/CC(O)c1ccc2c(c1)OCO2)([CH2]CCC)[CH2]CCC. The molecular weight excluding hydrogens is 443 g/mol. The van der Waals surface area contributed by atoms with Crippen LogP contribution in [0.3, 0.4) is 0 Å². The van der Waals surface area contributed by atoms with E-state index in [1.165, 1.54) is 51.8 Å². The van der Waals surface area contributed by atoms with E-state index in [1.807, 2.05) is 18.2 Å². The van der Waals surface area contributed by atoms with Gasteiger partial charge in [-0.3, -0.25) is 0 Å². The molecule has 4 heteroatoms. The van der Waals surface area contributed by atoms with E-state index in [0.717, 1.165) is 17.1 Å². The fourth-order valence-electron chi connectivity index (χ4n) is 3.91. The van der Waals surface area contributed by atoms with Crippen molar-refractivity contribution in [1.82, 2.24) is 0 Å². The number of fused-ring (bicyclic) bond motifs is 1. The summed E-state index contributed by atoms with van der Waals surface area (Å²) in [6.07, 6.45) is 10.5. The fraction of sp³-hybridized carbons (Fsp3) is 0.652. The van der Waals surface area contributed by atoms with Gasteiger partial charge in [-0.1, -0.05) is 0 Å². The summed E-state index contributed by atoms with van der Waals surface area (Å²) in [5.74, 6) is 1.52. The van der Waals surface area contributed by atoms with E-state index < -0.39 is 24.5 Å².